The predicted octanol–water partition coefficient (Wildman–Crippen LogP) is 3.65. The summed E-state index contributed by atoms with van der Waals surface area (Å²) >= 11 is 2.97. The van der Waals surface area contributed by atoms with E-state index in [0.29, 0.717) is 17.6 Å². The molecule has 1 rings (SSSR count). The standard InChI is InChI=1S/C9H11BrF3NO/c1-2-5-14-8(9(11,12)13)6-3-4-7(10)15-6/h3-4,8,14H,2,5H2,1H3. The third-order valence-electron chi connectivity index (χ3n) is 1.80. The van der Waals surface area contributed by atoms with Gasteiger partial charge in [-0.15, -0.1) is 0 Å². The quantitative estimate of drug-likeness (QED) is 0.914. The van der Waals surface area contributed by atoms with Gasteiger partial charge >= 0.3 is 6.18 Å². The fourth-order valence-electron chi connectivity index (χ4n) is 1.15. The maximum absolute atomic E-state index is 12.6. The fraction of sp³-hybridized carbons (Fsp3) is 0.556. The molecule has 1 heterocycles. The first-order chi connectivity index (χ1) is 6.95. The van der Waals surface area contributed by atoms with Crippen molar-refractivity contribution in [2.75, 3.05) is 6.54 Å². The molecule has 0 spiro atoms. The summed E-state index contributed by atoms with van der Waals surface area (Å²) in [6, 6.07) is 1.02. The Morgan fingerprint density at radius 1 is 1.47 bits per heavy atom. The van der Waals surface area contributed by atoms with E-state index < -0.39 is 12.2 Å². The van der Waals surface area contributed by atoms with Gasteiger partial charge in [-0.05, 0) is 41.0 Å². The Morgan fingerprint density at radius 2 is 2.13 bits per heavy atom. The summed E-state index contributed by atoms with van der Waals surface area (Å²) in [7, 11) is 0. The Morgan fingerprint density at radius 3 is 2.53 bits per heavy atom. The highest BCUT2D eigenvalue weighted by Gasteiger charge is 2.42. The van der Waals surface area contributed by atoms with Crippen LogP contribution >= 0.6 is 15.9 Å². The minimum atomic E-state index is -4.34. The second-order valence-electron chi connectivity index (χ2n) is 3.07. The molecular weight excluding hydrogens is 275 g/mol. The number of hydrogen-bond acceptors (Lipinski definition) is 2. The highest BCUT2D eigenvalue weighted by atomic mass is 79.9. The second kappa shape index (κ2) is 5.03. The van der Waals surface area contributed by atoms with Crippen molar-refractivity contribution in [1.82, 2.24) is 5.32 Å². The smallest absolute Gasteiger partial charge is 0.410 e. The van der Waals surface area contributed by atoms with Gasteiger partial charge in [-0.2, -0.15) is 13.2 Å². The van der Waals surface area contributed by atoms with E-state index in [4.69, 9.17) is 4.42 Å². The first kappa shape index (κ1) is 12.6. The van der Waals surface area contributed by atoms with Crippen LogP contribution in [0.5, 0.6) is 0 Å². The number of hydrogen-bond donors (Lipinski definition) is 1. The van der Waals surface area contributed by atoms with Crippen molar-refractivity contribution in [3.8, 4) is 0 Å². The normalized spacial score (nSPS) is 14.2. The molecule has 1 aromatic rings. The number of furan rings is 1. The van der Waals surface area contributed by atoms with Crippen molar-refractivity contribution in [3.63, 3.8) is 0 Å². The molecule has 0 radical (unpaired) electrons. The van der Waals surface area contributed by atoms with Crippen molar-refractivity contribution < 1.29 is 17.6 Å². The van der Waals surface area contributed by atoms with E-state index >= 15 is 0 Å². The van der Waals surface area contributed by atoms with Crippen molar-refractivity contribution in [3.05, 3.63) is 22.6 Å². The summed E-state index contributed by atoms with van der Waals surface area (Å²) < 4.78 is 43.0. The van der Waals surface area contributed by atoms with Crippen LogP contribution in [0.2, 0.25) is 0 Å². The number of halogens is 4. The number of alkyl halides is 3. The molecule has 0 bridgehead atoms. The lowest BCUT2D eigenvalue weighted by Gasteiger charge is -2.19. The second-order valence-corrected chi connectivity index (χ2v) is 3.85. The molecule has 2 nitrogen and oxygen atoms in total. The Labute approximate surface area is 94.0 Å². The summed E-state index contributed by atoms with van der Waals surface area (Å²) in [4.78, 5) is 0. The topological polar surface area (TPSA) is 25.2 Å². The third kappa shape index (κ3) is 3.53. The summed E-state index contributed by atoms with van der Waals surface area (Å²) in [5, 5.41) is 2.40. The monoisotopic (exact) mass is 285 g/mol. The summed E-state index contributed by atoms with van der Waals surface area (Å²) in [6.07, 6.45) is -3.71. The Bertz CT molecular complexity index is 311. The van der Waals surface area contributed by atoms with Crippen molar-refractivity contribution >= 4 is 15.9 Å². The molecule has 0 aromatic carbocycles. The SMILES string of the molecule is CCCNC(c1ccc(Br)o1)C(F)(F)F. The van der Waals surface area contributed by atoms with Crippen LogP contribution < -0.4 is 5.32 Å². The van der Waals surface area contributed by atoms with Gasteiger partial charge in [-0.25, -0.2) is 0 Å². The first-order valence-corrected chi connectivity index (χ1v) is 5.29. The summed E-state index contributed by atoms with van der Waals surface area (Å²) in [6.45, 7) is 2.10. The van der Waals surface area contributed by atoms with E-state index in [0.717, 1.165) is 0 Å². The van der Waals surface area contributed by atoms with E-state index in [9.17, 15) is 13.2 Å². The van der Waals surface area contributed by atoms with Gasteiger partial charge in [0.15, 0.2) is 10.7 Å². The molecule has 15 heavy (non-hydrogen) atoms. The molecular formula is C9H11BrF3NO. The lowest BCUT2D eigenvalue weighted by atomic mass is 10.2. The van der Waals surface area contributed by atoms with Crippen LogP contribution in [0.15, 0.2) is 21.2 Å². The van der Waals surface area contributed by atoms with E-state index in [1.807, 2.05) is 0 Å². The van der Waals surface area contributed by atoms with Gasteiger partial charge in [-0.1, -0.05) is 6.92 Å². The van der Waals surface area contributed by atoms with Gasteiger partial charge in [0.2, 0.25) is 0 Å². The molecule has 0 fully saturated rings. The largest absolute Gasteiger partial charge is 0.452 e. The molecule has 0 aliphatic rings. The van der Waals surface area contributed by atoms with Crippen LogP contribution in [0, 0.1) is 0 Å². The molecule has 1 unspecified atom stereocenters. The Balaban J connectivity index is 2.81. The van der Waals surface area contributed by atoms with E-state index in [-0.39, 0.29) is 5.76 Å². The van der Waals surface area contributed by atoms with Crippen LogP contribution in [-0.2, 0) is 0 Å². The van der Waals surface area contributed by atoms with Gasteiger partial charge in [0.25, 0.3) is 0 Å². The molecule has 0 amide bonds. The lowest BCUT2D eigenvalue weighted by molar-refractivity contribution is -0.161. The minimum Gasteiger partial charge on any atom is -0.452 e. The third-order valence-corrected chi connectivity index (χ3v) is 2.23. The number of rotatable bonds is 4. The molecule has 0 aliphatic heterocycles. The van der Waals surface area contributed by atoms with Crippen molar-refractivity contribution in [2.45, 2.75) is 25.6 Å². The molecule has 1 N–H and O–H groups in total. The molecule has 1 atom stereocenters. The van der Waals surface area contributed by atoms with Crippen LogP contribution in [0.1, 0.15) is 25.1 Å². The van der Waals surface area contributed by atoms with Crippen molar-refractivity contribution in [2.24, 2.45) is 0 Å². The van der Waals surface area contributed by atoms with Crippen molar-refractivity contribution in [1.29, 1.82) is 0 Å². The van der Waals surface area contributed by atoms with Gasteiger partial charge < -0.3 is 4.42 Å². The van der Waals surface area contributed by atoms with Gasteiger partial charge in [0.1, 0.15) is 5.76 Å². The highest BCUT2D eigenvalue weighted by molar-refractivity contribution is 9.10. The average molecular weight is 286 g/mol. The van der Waals surface area contributed by atoms with Gasteiger partial charge in [0, 0.05) is 0 Å². The van der Waals surface area contributed by atoms with E-state index in [1.54, 1.807) is 6.92 Å². The van der Waals surface area contributed by atoms with Crippen LogP contribution in [0.4, 0.5) is 13.2 Å². The minimum absolute atomic E-state index is 0.122. The predicted molar refractivity (Wildman–Crippen MR) is 53.5 cm³/mol. The zero-order valence-electron chi connectivity index (χ0n) is 8.07. The van der Waals surface area contributed by atoms with Gasteiger partial charge in [0.05, 0.1) is 0 Å². The molecule has 0 aliphatic carbocycles. The highest BCUT2D eigenvalue weighted by Crippen LogP contribution is 2.34. The average Bonchev–Trinajstić information content (AvgIpc) is 2.50. The first-order valence-electron chi connectivity index (χ1n) is 4.50. The number of nitrogens with one attached hydrogen (secondary N) is 1. The molecule has 0 saturated carbocycles. The maximum atomic E-state index is 12.6. The summed E-state index contributed by atoms with van der Waals surface area (Å²) in [5.74, 6) is -0.122. The lowest BCUT2D eigenvalue weighted by Crippen LogP contribution is -2.34. The van der Waals surface area contributed by atoms with Crippen LogP contribution in [-0.4, -0.2) is 12.7 Å². The van der Waals surface area contributed by atoms with Crippen LogP contribution in [0.25, 0.3) is 0 Å². The molecule has 1 aromatic heterocycles. The summed E-state index contributed by atoms with van der Waals surface area (Å²) in [5.41, 5.74) is 0. The Hall–Kier alpha value is -0.490. The maximum Gasteiger partial charge on any atom is 0.410 e. The van der Waals surface area contributed by atoms with Crippen LogP contribution in [0.3, 0.4) is 0 Å². The fourth-order valence-corrected chi connectivity index (χ4v) is 1.47. The molecule has 6 heteroatoms. The van der Waals surface area contributed by atoms with E-state index in [1.165, 1.54) is 12.1 Å². The van der Waals surface area contributed by atoms with Gasteiger partial charge in [-0.3, -0.25) is 5.32 Å². The molecule has 0 saturated heterocycles. The molecule has 86 valence electrons. The zero-order valence-corrected chi connectivity index (χ0v) is 9.65. The Kier molecular flexibility index (Phi) is 4.21. The zero-order chi connectivity index (χ0) is 11.5. The van der Waals surface area contributed by atoms with E-state index in [2.05, 4.69) is 21.2 Å².